The SMILES string of the molecule is O=C(O[C@@H]1COC(=O)c2cc(Oc3c(C(=O)O)cc(O)c(O)c3O)c(O)c(O)c2-c2c(cc(O)c(O)c2O)C(=O)O[C@H]1[C@@H]1OC(=O)c2cc(O)c(O)c(O)c2-c2c(O)c(O)c(O)c3c2C(=O)O[C@H]1[C@H]3O)c1cc(O)c(O)c(O)c1. The van der Waals surface area contributed by atoms with E-state index in [1.807, 2.05) is 0 Å². The first-order valence-corrected chi connectivity index (χ1v) is 21.7. The zero-order chi connectivity index (χ0) is 57.9. The van der Waals surface area contributed by atoms with Gasteiger partial charge in [-0.3, -0.25) is 0 Å². The van der Waals surface area contributed by atoms with Crippen molar-refractivity contribution < 1.29 is 154 Å². The van der Waals surface area contributed by atoms with Gasteiger partial charge >= 0.3 is 35.8 Å². The van der Waals surface area contributed by atoms with Crippen LogP contribution in [0, 0.1) is 0 Å². The van der Waals surface area contributed by atoms with Crippen molar-refractivity contribution in [1.82, 2.24) is 0 Å². The number of hydrogen-bond acceptors (Lipinski definition) is 30. The molecule has 0 aliphatic carbocycles. The van der Waals surface area contributed by atoms with Gasteiger partial charge in [0, 0.05) is 39.9 Å². The van der Waals surface area contributed by atoms with Crippen LogP contribution in [-0.4, -0.2) is 164 Å². The molecule has 4 heterocycles. The van der Waals surface area contributed by atoms with Crippen molar-refractivity contribution in [3.63, 3.8) is 0 Å². The highest BCUT2D eigenvalue weighted by atomic mass is 16.6. The molecule has 410 valence electrons. The average molecular weight is 1100 g/mol. The molecule has 6 aromatic carbocycles. The van der Waals surface area contributed by atoms with Crippen LogP contribution < -0.4 is 4.74 Å². The van der Waals surface area contributed by atoms with E-state index in [1.54, 1.807) is 0 Å². The van der Waals surface area contributed by atoms with E-state index in [1.165, 1.54) is 0 Å². The number of carbonyl (C=O) groups excluding carboxylic acids is 5. The van der Waals surface area contributed by atoms with Crippen LogP contribution in [0.3, 0.4) is 0 Å². The fourth-order valence-electron chi connectivity index (χ4n) is 8.78. The van der Waals surface area contributed by atoms with Crippen molar-refractivity contribution >= 4 is 35.8 Å². The molecule has 0 unspecified atom stereocenters. The predicted octanol–water partition coefficient (Wildman–Crippen LogP) is 2.24. The van der Waals surface area contributed by atoms with Crippen molar-refractivity contribution in [2.24, 2.45) is 0 Å². The molecular weight excluding hydrogens is 1070 g/mol. The molecule has 5 atom stereocenters. The molecule has 4 aliphatic heterocycles. The number of aliphatic hydroxyl groups excluding tert-OH is 1. The van der Waals surface area contributed by atoms with Crippen LogP contribution in [0.1, 0.15) is 73.8 Å². The zero-order valence-corrected chi connectivity index (χ0v) is 38.5. The summed E-state index contributed by atoms with van der Waals surface area (Å²) >= 11 is 0. The Morgan fingerprint density at radius 2 is 0.899 bits per heavy atom. The Balaban J connectivity index is 1.31. The first-order chi connectivity index (χ1) is 37.1. The molecule has 0 radical (unpaired) electrons. The molecule has 79 heavy (non-hydrogen) atoms. The number of carboxylic acid groups (broad SMARTS) is 1. The lowest BCUT2D eigenvalue weighted by atomic mass is 9.82. The molecule has 31 heteroatoms. The highest BCUT2D eigenvalue weighted by molar-refractivity contribution is 6.11. The molecule has 19 N–H and O–H groups in total. The molecule has 4 bridgehead atoms. The Hall–Kier alpha value is -11.5. The molecule has 6 aromatic rings. The van der Waals surface area contributed by atoms with E-state index in [2.05, 4.69) is 0 Å². The summed E-state index contributed by atoms with van der Waals surface area (Å²) < 4.78 is 33.2. The standard InChI is InChI=1S/C48H32O31/c49-13-1-8(2-14(50)26(13)54)44(69)76-19-7-74-45(70)11-6-18(75-39-12(43(67)68)5-17(53)29(57)38(39)66)30(58)33(61)21(11)20-9(3-15(51)27(55)31(20)59)46(71)77-40(19)42-41-36(64)25-24(48(73)78-41)23(34(62)37(65)35(25)63)22-10(47(72)79-42)4-16(52)28(56)32(22)60/h1-6,19,36,40-42,49-66H,7H2,(H,67,68)/t19-,36+,40-,41+,42+/m1/s1. The normalized spacial score (nSPS) is 18.5. The number of aromatic carboxylic acids is 1. The molecule has 0 aromatic heterocycles. The number of cyclic esters (lactones) is 2. The summed E-state index contributed by atoms with van der Waals surface area (Å²) in [4.78, 5) is 84.6. The zero-order valence-electron chi connectivity index (χ0n) is 38.5. The van der Waals surface area contributed by atoms with Gasteiger partial charge in [-0.2, -0.15) is 0 Å². The number of hydrogen-bond donors (Lipinski definition) is 19. The highest BCUT2D eigenvalue weighted by Crippen LogP contribution is 2.59. The second-order valence-corrected chi connectivity index (χ2v) is 17.1. The minimum absolute atomic E-state index is 0.241. The number of aromatic hydroxyl groups is 17. The van der Waals surface area contributed by atoms with Crippen LogP contribution in [0.25, 0.3) is 22.3 Å². The average Bonchev–Trinajstić information content (AvgIpc) is 3.50. The number of phenols is 17. The lowest BCUT2D eigenvalue weighted by Gasteiger charge is -2.40. The molecule has 0 fully saturated rings. The Kier molecular flexibility index (Phi) is 12.2. The molecule has 0 spiro atoms. The maximum absolute atomic E-state index is 15.0. The summed E-state index contributed by atoms with van der Waals surface area (Å²) in [5.41, 5.74) is -13.3. The van der Waals surface area contributed by atoms with Crippen LogP contribution in [0.4, 0.5) is 0 Å². The number of phenolic OH excluding ortho intramolecular Hbond substituents is 17. The molecule has 10 rings (SSSR count). The molecule has 0 amide bonds. The van der Waals surface area contributed by atoms with E-state index >= 15 is 0 Å². The topological polar surface area (TPSA) is 542 Å². The van der Waals surface area contributed by atoms with Gasteiger partial charge in [0.25, 0.3) is 0 Å². The fraction of sp³-hybridized carbons (Fsp3) is 0.125. The lowest BCUT2D eigenvalue weighted by Crippen LogP contribution is -2.56. The molecule has 0 saturated heterocycles. The first kappa shape index (κ1) is 52.4. The second-order valence-electron chi connectivity index (χ2n) is 17.1. The third-order valence-electron chi connectivity index (χ3n) is 12.5. The van der Waals surface area contributed by atoms with Crippen molar-refractivity contribution in [3.8, 4) is 131 Å². The van der Waals surface area contributed by atoms with Crippen LogP contribution in [0.15, 0.2) is 36.4 Å². The van der Waals surface area contributed by atoms with Gasteiger partial charge in [0.1, 0.15) is 18.3 Å². The number of ether oxygens (including phenoxy) is 6. The third kappa shape index (κ3) is 8.04. The minimum atomic E-state index is -2.93. The van der Waals surface area contributed by atoms with Gasteiger partial charge in [-0.05, 0) is 24.3 Å². The Morgan fingerprint density at radius 1 is 0.443 bits per heavy atom. The maximum atomic E-state index is 15.0. The lowest BCUT2D eigenvalue weighted by molar-refractivity contribution is -0.154. The summed E-state index contributed by atoms with van der Waals surface area (Å²) in [5, 5.41) is 205. The van der Waals surface area contributed by atoms with Gasteiger partial charge in [-0.15, -0.1) is 0 Å². The van der Waals surface area contributed by atoms with Crippen molar-refractivity contribution in [2.45, 2.75) is 30.5 Å². The number of carbonyl (C=O) groups is 6. The largest absolute Gasteiger partial charge is 0.504 e. The highest BCUT2D eigenvalue weighted by Gasteiger charge is 2.54. The van der Waals surface area contributed by atoms with E-state index in [0.717, 1.165) is 0 Å². The van der Waals surface area contributed by atoms with Gasteiger partial charge in [-0.1, -0.05) is 0 Å². The molecule has 4 aliphatic rings. The molecule has 31 nitrogen and oxygen atoms in total. The second kappa shape index (κ2) is 18.4. The smallest absolute Gasteiger partial charge is 0.339 e. The van der Waals surface area contributed by atoms with E-state index in [0.29, 0.717) is 30.3 Å². The Morgan fingerprint density at radius 3 is 1.46 bits per heavy atom. The Bertz CT molecular complexity index is 3740. The summed E-state index contributed by atoms with van der Waals surface area (Å²) in [5.74, 6) is -38.9. The number of benzene rings is 6. The van der Waals surface area contributed by atoms with Crippen LogP contribution in [0.5, 0.6) is 109 Å². The number of rotatable bonds is 6. The van der Waals surface area contributed by atoms with Gasteiger partial charge in [0.15, 0.2) is 99.2 Å². The van der Waals surface area contributed by atoms with Crippen molar-refractivity contribution in [3.05, 3.63) is 75.3 Å². The van der Waals surface area contributed by atoms with Gasteiger partial charge in [0.05, 0.1) is 27.8 Å². The monoisotopic (exact) mass is 1100 g/mol. The number of esters is 5. The maximum Gasteiger partial charge on any atom is 0.339 e. The summed E-state index contributed by atoms with van der Waals surface area (Å²) in [6.45, 7) is -1.66. The van der Waals surface area contributed by atoms with Crippen molar-refractivity contribution in [1.29, 1.82) is 0 Å². The minimum Gasteiger partial charge on any atom is -0.504 e. The van der Waals surface area contributed by atoms with Gasteiger partial charge in [0.2, 0.25) is 34.5 Å². The summed E-state index contributed by atoms with van der Waals surface area (Å²) in [6.07, 6.45) is -14.0. The van der Waals surface area contributed by atoms with E-state index < -0.39 is 243 Å². The Labute approximate surface area is 433 Å². The molecule has 0 saturated carbocycles. The molecular formula is C48H32O31. The van der Waals surface area contributed by atoms with E-state index in [-0.39, 0.29) is 6.07 Å². The number of fused-ring (bicyclic) bond motifs is 6. The predicted molar refractivity (Wildman–Crippen MR) is 244 cm³/mol. The van der Waals surface area contributed by atoms with E-state index in [9.17, 15) is 126 Å². The van der Waals surface area contributed by atoms with Crippen molar-refractivity contribution in [2.75, 3.05) is 6.61 Å². The summed E-state index contributed by atoms with van der Waals surface area (Å²) in [7, 11) is 0. The fourth-order valence-corrected chi connectivity index (χ4v) is 8.78. The summed E-state index contributed by atoms with van der Waals surface area (Å²) in [6, 6.07) is 2.15. The quantitative estimate of drug-likeness (QED) is 0.0646. The van der Waals surface area contributed by atoms with Crippen LogP contribution in [-0.2, 0) is 23.7 Å². The number of aliphatic hydroxyl groups is 1. The van der Waals surface area contributed by atoms with E-state index in [4.69, 9.17) is 28.4 Å². The number of carboxylic acids is 1. The third-order valence-corrected chi connectivity index (χ3v) is 12.5. The first-order valence-electron chi connectivity index (χ1n) is 21.7. The van der Waals surface area contributed by atoms with Crippen LogP contribution in [0.2, 0.25) is 0 Å². The van der Waals surface area contributed by atoms with Gasteiger partial charge in [-0.25, -0.2) is 28.8 Å². The van der Waals surface area contributed by atoms with Crippen LogP contribution >= 0.6 is 0 Å². The van der Waals surface area contributed by atoms with Gasteiger partial charge < -0.3 is 125 Å².